The van der Waals surface area contributed by atoms with Gasteiger partial charge in [-0.1, -0.05) is 12.1 Å². The summed E-state index contributed by atoms with van der Waals surface area (Å²) < 4.78 is 11.0. The van der Waals surface area contributed by atoms with E-state index in [-0.39, 0.29) is 31.0 Å². The maximum atomic E-state index is 12.5. The molecule has 3 aromatic rings. The van der Waals surface area contributed by atoms with E-state index in [1.54, 1.807) is 19.9 Å². The van der Waals surface area contributed by atoms with Crippen molar-refractivity contribution in [1.29, 1.82) is 0 Å². The van der Waals surface area contributed by atoms with E-state index in [2.05, 4.69) is 11.4 Å². The molecule has 0 aliphatic heterocycles. The second kappa shape index (κ2) is 12.5. The number of amides is 1. The zero-order valence-electron chi connectivity index (χ0n) is 21.9. The molecule has 0 atom stereocenters. The van der Waals surface area contributed by atoms with Crippen molar-refractivity contribution in [3.8, 4) is 5.75 Å². The highest BCUT2D eigenvalue weighted by molar-refractivity contribution is 6.01. The van der Waals surface area contributed by atoms with Gasteiger partial charge >= 0.3 is 5.97 Å². The van der Waals surface area contributed by atoms with Crippen molar-refractivity contribution in [1.82, 2.24) is 4.98 Å². The summed E-state index contributed by atoms with van der Waals surface area (Å²) in [5.41, 5.74) is 5.24. The lowest BCUT2D eigenvalue weighted by Gasteiger charge is -2.17. The number of aromatic nitrogens is 1. The average molecular weight is 520 g/mol. The number of nitro benzene ring substituents is 1. The zero-order chi connectivity index (χ0) is 27.1. The van der Waals surface area contributed by atoms with E-state index in [9.17, 15) is 19.7 Å². The largest absolute Gasteiger partial charge is 0.493 e. The monoisotopic (exact) mass is 519 g/mol. The third-order valence-corrected chi connectivity index (χ3v) is 6.92. The number of fused-ring (bicyclic) bond motifs is 2. The van der Waals surface area contributed by atoms with Crippen LogP contribution in [-0.4, -0.2) is 35.0 Å². The number of rotatable bonds is 11. The van der Waals surface area contributed by atoms with Gasteiger partial charge in [-0.15, -0.1) is 0 Å². The molecule has 0 saturated heterocycles. The molecule has 9 heteroatoms. The highest BCUT2D eigenvalue weighted by atomic mass is 16.6. The van der Waals surface area contributed by atoms with Crippen molar-refractivity contribution in [3.63, 3.8) is 0 Å². The van der Waals surface area contributed by atoms with Gasteiger partial charge in [0.1, 0.15) is 5.75 Å². The fraction of sp³-hybridized carbons (Fsp3) is 0.414. The number of benzene rings is 2. The molecule has 0 saturated carbocycles. The number of ether oxygens (including phenoxy) is 2. The lowest BCUT2D eigenvalue weighted by molar-refractivity contribution is -0.385. The summed E-state index contributed by atoms with van der Waals surface area (Å²) in [7, 11) is 0. The fourth-order valence-electron chi connectivity index (χ4n) is 4.63. The number of aryl methyl sites for hydroxylation is 2. The second-order valence-corrected chi connectivity index (χ2v) is 9.59. The molecule has 0 radical (unpaired) electrons. The number of anilines is 1. The third-order valence-electron chi connectivity index (χ3n) is 6.92. The van der Waals surface area contributed by atoms with Crippen LogP contribution < -0.4 is 10.1 Å². The third kappa shape index (κ3) is 6.65. The topological polar surface area (TPSA) is 121 Å². The van der Waals surface area contributed by atoms with Crippen molar-refractivity contribution in [3.05, 3.63) is 68.9 Å². The van der Waals surface area contributed by atoms with Crippen LogP contribution in [0.4, 0.5) is 11.4 Å². The molecule has 1 aromatic heterocycles. The first-order valence-electron chi connectivity index (χ1n) is 13.1. The number of esters is 1. The summed E-state index contributed by atoms with van der Waals surface area (Å²) in [5, 5.41) is 14.9. The Morgan fingerprint density at radius 2 is 1.82 bits per heavy atom. The molecule has 200 valence electrons. The van der Waals surface area contributed by atoms with Crippen LogP contribution in [0.1, 0.15) is 60.9 Å². The predicted octanol–water partition coefficient (Wildman–Crippen LogP) is 5.76. The molecular weight excluding hydrogens is 486 g/mol. The Morgan fingerprint density at radius 1 is 1.03 bits per heavy atom. The molecule has 9 nitrogen and oxygen atoms in total. The van der Waals surface area contributed by atoms with Gasteiger partial charge < -0.3 is 14.8 Å². The van der Waals surface area contributed by atoms with Gasteiger partial charge in [0, 0.05) is 34.7 Å². The average Bonchev–Trinajstić information content (AvgIpc) is 2.90. The standard InChI is InChI=1S/C29H33N3O6/c1-19-20(2)26(13-12-25(19)32(35)36)37-16-5-6-17-38-28(34)15-14-27(33)30-24-11-7-9-22-18-21-8-3-4-10-23(21)31-29(22)24/h7,9,11-13,18H,3-6,8,10,14-17H2,1-2H3,(H,30,33). The number of unbranched alkanes of at least 4 members (excludes halogenated alkanes) is 1. The van der Waals surface area contributed by atoms with Crippen LogP contribution in [0.25, 0.3) is 10.9 Å². The minimum absolute atomic E-state index is 0.00278. The molecule has 1 aliphatic rings. The number of nitro groups is 1. The first-order valence-corrected chi connectivity index (χ1v) is 13.1. The SMILES string of the molecule is Cc1c(OCCCCOC(=O)CCC(=O)Nc2cccc3cc4c(nc23)CCCC4)ccc([N+](=O)[O-])c1C. The van der Waals surface area contributed by atoms with E-state index in [1.165, 1.54) is 18.1 Å². The lowest BCUT2D eigenvalue weighted by atomic mass is 9.94. The van der Waals surface area contributed by atoms with Crippen molar-refractivity contribution < 1.29 is 24.0 Å². The lowest BCUT2D eigenvalue weighted by Crippen LogP contribution is -2.15. The first-order chi connectivity index (χ1) is 18.3. The highest BCUT2D eigenvalue weighted by Crippen LogP contribution is 2.29. The van der Waals surface area contributed by atoms with Gasteiger partial charge in [-0.2, -0.15) is 0 Å². The summed E-state index contributed by atoms with van der Waals surface area (Å²) in [6, 6.07) is 11.0. The van der Waals surface area contributed by atoms with Gasteiger partial charge in [-0.3, -0.25) is 24.7 Å². The minimum atomic E-state index is -0.423. The van der Waals surface area contributed by atoms with E-state index in [4.69, 9.17) is 14.5 Å². The van der Waals surface area contributed by atoms with Gasteiger partial charge in [0.05, 0.1) is 35.8 Å². The van der Waals surface area contributed by atoms with Crippen molar-refractivity contribution >= 4 is 34.2 Å². The Hall–Kier alpha value is -4.01. The van der Waals surface area contributed by atoms with E-state index in [1.807, 2.05) is 18.2 Å². The molecule has 0 unspecified atom stereocenters. The molecule has 38 heavy (non-hydrogen) atoms. The summed E-state index contributed by atoms with van der Waals surface area (Å²) in [5.74, 6) is -0.0680. The maximum Gasteiger partial charge on any atom is 0.306 e. The Kier molecular flexibility index (Phi) is 8.89. The van der Waals surface area contributed by atoms with Gasteiger partial charge in [-0.05, 0) is 76.1 Å². The van der Waals surface area contributed by atoms with Gasteiger partial charge in [0.2, 0.25) is 5.91 Å². The number of carbonyl (C=O) groups is 2. The molecule has 0 fully saturated rings. The fourth-order valence-corrected chi connectivity index (χ4v) is 4.63. The molecule has 0 bridgehead atoms. The molecule has 0 spiro atoms. The van der Waals surface area contributed by atoms with E-state index < -0.39 is 10.9 Å². The van der Waals surface area contributed by atoms with Crippen LogP contribution >= 0.6 is 0 Å². The Morgan fingerprint density at radius 3 is 2.63 bits per heavy atom. The Labute approximate surface area is 221 Å². The first kappa shape index (κ1) is 27.0. The van der Waals surface area contributed by atoms with Gasteiger partial charge in [-0.25, -0.2) is 0 Å². The number of carbonyl (C=O) groups excluding carboxylic acids is 2. The quantitative estimate of drug-likeness (QED) is 0.148. The molecular formula is C29H33N3O6. The number of para-hydroxylation sites is 1. The number of hydrogen-bond acceptors (Lipinski definition) is 7. The smallest absolute Gasteiger partial charge is 0.306 e. The van der Waals surface area contributed by atoms with E-state index >= 15 is 0 Å². The van der Waals surface area contributed by atoms with Crippen LogP contribution in [0.2, 0.25) is 0 Å². The molecule has 4 rings (SSSR count). The van der Waals surface area contributed by atoms with Crippen molar-refractivity contribution in [2.45, 2.75) is 65.2 Å². The number of nitrogens with zero attached hydrogens (tertiary/aromatic N) is 2. The molecule has 1 amide bonds. The van der Waals surface area contributed by atoms with Crippen LogP contribution in [0.3, 0.4) is 0 Å². The number of nitrogens with one attached hydrogen (secondary N) is 1. The summed E-state index contributed by atoms with van der Waals surface area (Å²) >= 11 is 0. The Balaban J connectivity index is 1.16. The van der Waals surface area contributed by atoms with Gasteiger partial charge in [0.15, 0.2) is 0 Å². The summed E-state index contributed by atoms with van der Waals surface area (Å²) in [6.07, 6.45) is 5.61. The van der Waals surface area contributed by atoms with Crippen LogP contribution in [0, 0.1) is 24.0 Å². The molecule has 2 aromatic carbocycles. The highest BCUT2D eigenvalue weighted by Gasteiger charge is 2.16. The zero-order valence-corrected chi connectivity index (χ0v) is 21.9. The molecule has 1 aliphatic carbocycles. The van der Waals surface area contributed by atoms with Crippen LogP contribution in [-0.2, 0) is 27.2 Å². The van der Waals surface area contributed by atoms with E-state index in [0.29, 0.717) is 36.4 Å². The Bertz CT molecular complexity index is 1350. The normalized spacial score (nSPS) is 12.6. The number of hydrogen-bond donors (Lipinski definition) is 1. The minimum Gasteiger partial charge on any atom is -0.493 e. The summed E-state index contributed by atoms with van der Waals surface area (Å²) in [4.78, 5) is 40.0. The van der Waals surface area contributed by atoms with Crippen molar-refractivity contribution in [2.24, 2.45) is 0 Å². The van der Waals surface area contributed by atoms with Crippen molar-refractivity contribution in [2.75, 3.05) is 18.5 Å². The van der Waals surface area contributed by atoms with Crippen LogP contribution in [0.5, 0.6) is 5.75 Å². The molecule has 1 heterocycles. The van der Waals surface area contributed by atoms with Gasteiger partial charge in [0.25, 0.3) is 5.69 Å². The van der Waals surface area contributed by atoms with E-state index in [0.717, 1.165) is 41.4 Å². The maximum absolute atomic E-state index is 12.5. The predicted molar refractivity (Wildman–Crippen MR) is 145 cm³/mol. The second-order valence-electron chi connectivity index (χ2n) is 9.59. The summed E-state index contributed by atoms with van der Waals surface area (Å²) in [6.45, 7) is 4.13. The number of pyridine rings is 1. The molecule has 1 N–H and O–H groups in total. The van der Waals surface area contributed by atoms with Crippen LogP contribution in [0.15, 0.2) is 36.4 Å².